The van der Waals surface area contributed by atoms with Gasteiger partial charge in [-0.1, -0.05) is 18.9 Å². The van der Waals surface area contributed by atoms with E-state index in [0.29, 0.717) is 23.9 Å². The van der Waals surface area contributed by atoms with Gasteiger partial charge in [-0.3, -0.25) is 4.90 Å². The minimum atomic E-state index is -2.93. The summed E-state index contributed by atoms with van der Waals surface area (Å²) in [5, 5.41) is 4.69. The van der Waals surface area contributed by atoms with E-state index in [2.05, 4.69) is 16.6 Å². The number of nitrogens with zero attached hydrogens (tertiary/aromatic N) is 4. The van der Waals surface area contributed by atoms with Gasteiger partial charge in [0.05, 0.1) is 18.2 Å². The van der Waals surface area contributed by atoms with Crippen LogP contribution in [0.25, 0.3) is 0 Å². The first-order valence-electron chi connectivity index (χ1n) is 8.60. The predicted octanol–water partition coefficient (Wildman–Crippen LogP) is 2.24. The fourth-order valence-electron chi connectivity index (χ4n) is 3.88. The number of hydrogen-bond acceptors (Lipinski definition) is 5. The number of aromatic nitrogens is 3. The van der Waals surface area contributed by atoms with E-state index in [-0.39, 0.29) is 17.4 Å². The normalized spacial score (nSPS) is 24.0. The molecule has 0 N–H and O–H groups in total. The smallest absolute Gasteiger partial charge is 0.198 e. The zero-order valence-corrected chi connectivity index (χ0v) is 15.9. The van der Waals surface area contributed by atoms with Crippen molar-refractivity contribution >= 4 is 22.1 Å². The Balaban J connectivity index is 1.82. The lowest BCUT2D eigenvalue weighted by Crippen LogP contribution is -2.35. The maximum Gasteiger partial charge on any atom is 0.198 e. The molecule has 0 aromatic carbocycles. The van der Waals surface area contributed by atoms with Crippen LogP contribution in [0.15, 0.2) is 12.7 Å². The summed E-state index contributed by atoms with van der Waals surface area (Å²) >= 11 is 5.55. The molecule has 1 aromatic heterocycles. The van der Waals surface area contributed by atoms with Crippen molar-refractivity contribution in [2.24, 2.45) is 7.05 Å². The quantitative estimate of drug-likeness (QED) is 0.568. The lowest BCUT2D eigenvalue weighted by Gasteiger charge is -2.27. The molecule has 6 nitrogen and oxygen atoms in total. The predicted molar refractivity (Wildman–Crippen MR) is 97.2 cm³/mol. The molecule has 1 aliphatic heterocycles. The Labute approximate surface area is 149 Å². The van der Waals surface area contributed by atoms with Crippen molar-refractivity contribution in [3.63, 3.8) is 0 Å². The molecule has 2 aliphatic rings. The topological polar surface area (TPSA) is 60.1 Å². The van der Waals surface area contributed by atoms with Crippen LogP contribution in [-0.2, 0) is 23.6 Å². The third-order valence-corrected chi connectivity index (χ3v) is 7.45. The van der Waals surface area contributed by atoms with Crippen molar-refractivity contribution in [3.05, 3.63) is 23.3 Å². The maximum absolute atomic E-state index is 11.8. The highest BCUT2D eigenvalue weighted by molar-refractivity contribution is 7.91. The van der Waals surface area contributed by atoms with Gasteiger partial charge in [0.25, 0.3) is 0 Å². The lowest BCUT2D eigenvalue weighted by atomic mass is 10.1. The Morgan fingerprint density at radius 2 is 2.08 bits per heavy atom. The Kier molecular flexibility index (Phi) is 5.27. The third-order valence-electron chi connectivity index (χ3n) is 5.19. The van der Waals surface area contributed by atoms with E-state index in [0.717, 1.165) is 12.4 Å². The van der Waals surface area contributed by atoms with Crippen molar-refractivity contribution in [2.75, 3.05) is 18.1 Å². The van der Waals surface area contributed by atoms with Gasteiger partial charge >= 0.3 is 0 Å². The lowest BCUT2D eigenvalue weighted by molar-refractivity contribution is 0.161. The van der Waals surface area contributed by atoms with E-state index >= 15 is 0 Å². The van der Waals surface area contributed by atoms with Crippen LogP contribution < -0.4 is 0 Å². The minimum absolute atomic E-state index is 0.0396. The molecule has 3 rings (SSSR count). The van der Waals surface area contributed by atoms with Crippen LogP contribution in [0, 0.1) is 4.77 Å². The van der Waals surface area contributed by atoms with Crippen LogP contribution in [0.3, 0.4) is 0 Å². The first-order valence-corrected chi connectivity index (χ1v) is 10.8. The van der Waals surface area contributed by atoms with Crippen molar-refractivity contribution < 1.29 is 8.42 Å². The molecule has 0 spiro atoms. The number of hydrogen-bond donors (Lipinski definition) is 0. The standard InChI is InChI=1S/C16H26N4O2S2/c1-3-9-19(14-6-4-5-7-14)12-20-16(23)18(2)15(17-20)13-8-10-24(21,22)11-13/h3,13-14H,1,4-12H2,2H3. The Morgan fingerprint density at radius 1 is 1.38 bits per heavy atom. The molecule has 134 valence electrons. The van der Waals surface area contributed by atoms with Crippen molar-refractivity contribution in [1.29, 1.82) is 0 Å². The van der Waals surface area contributed by atoms with E-state index < -0.39 is 9.84 Å². The van der Waals surface area contributed by atoms with Gasteiger partial charge in [-0.15, -0.1) is 6.58 Å². The van der Waals surface area contributed by atoms with E-state index in [9.17, 15) is 8.42 Å². The molecule has 0 radical (unpaired) electrons. The molecule has 1 saturated carbocycles. The highest BCUT2D eigenvalue weighted by Crippen LogP contribution is 2.28. The van der Waals surface area contributed by atoms with E-state index in [1.807, 2.05) is 22.4 Å². The molecule has 1 unspecified atom stereocenters. The van der Waals surface area contributed by atoms with Crippen LogP contribution in [0.2, 0.25) is 0 Å². The van der Waals surface area contributed by atoms with Crippen LogP contribution >= 0.6 is 12.2 Å². The van der Waals surface area contributed by atoms with Gasteiger partial charge in [-0.2, -0.15) is 5.10 Å². The molecule has 1 aromatic rings. The number of rotatable bonds is 6. The Bertz CT molecular complexity index is 760. The largest absolute Gasteiger partial charge is 0.307 e. The first kappa shape index (κ1) is 17.8. The Morgan fingerprint density at radius 3 is 2.67 bits per heavy atom. The second kappa shape index (κ2) is 7.09. The fourth-order valence-corrected chi connectivity index (χ4v) is 5.81. The third kappa shape index (κ3) is 3.65. The summed E-state index contributed by atoms with van der Waals surface area (Å²) in [6.07, 6.45) is 7.54. The van der Waals surface area contributed by atoms with Crippen LogP contribution in [-0.4, -0.2) is 51.8 Å². The fraction of sp³-hybridized carbons (Fsp3) is 0.750. The van der Waals surface area contributed by atoms with Crippen LogP contribution in [0.1, 0.15) is 43.8 Å². The molecular weight excluding hydrogens is 344 g/mol. The van der Waals surface area contributed by atoms with E-state index in [1.165, 1.54) is 25.7 Å². The van der Waals surface area contributed by atoms with Crippen molar-refractivity contribution in [3.8, 4) is 0 Å². The summed E-state index contributed by atoms with van der Waals surface area (Å²) in [5.41, 5.74) is 0. The molecule has 1 atom stereocenters. The summed E-state index contributed by atoms with van der Waals surface area (Å²) in [6, 6.07) is 0.558. The average Bonchev–Trinajstić information content (AvgIpc) is 3.23. The van der Waals surface area contributed by atoms with E-state index in [4.69, 9.17) is 12.2 Å². The van der Waals surface area contributed by atoms with Gasteiger partial charge in [-0.05, 0) is 31.5 Å². The van der Waals surface area contributed by atoms with Crippen molar-refractivity contribution in [2.45, 2.75) is 50.7 Å². The molecule has 0 amide bonds. The molecule has 1 saturated heterocycles. The van der Waals surface area contributed by atoms with Gasteiger partial charge < -0.3 is 4.57 Å². The zero-order chi connectivity index (χ0) is 17.3. The minimum Gasteiger partial charge on any atom is -0.307 e. The maximum atomic E-state index is 11.8. The molecule has 0 bridgehead atoms. The van der Waals surface area contributed by atoms with Gasteiger partial charge in [0.1, 0.15) is 5.82 Å². The first-order chi connectivity index (χ1) is 11.4. The molecule has 8 heteroatoms. The summed E-state index contributed by atoms with van der Waals surface area (Å²) in [4.78, 5) is 2.37. The summed E-state index contributed by atoms with van der Waals surface area (Å²) in [5.74, 6) is 1.20. The van der Waals surface area contributed by atoms with Crippen LogP contribution in [0.4, 0.5) is 0 Å². The van der Waals surface area contributed by atoms with Gasteiger partial charge in [-0.25, -0.2) is 13.1 Å². The summed E-state index contributed by atoms with van der Waals surface area (Å²) in [7, 11) is -1.04. The zero-order valence-electron chi connectivity index (χ0n) is 14.2. The Hall–Kier alpha value is -0.990. The molecule has 24 heavy (non-hydrogen) atoms. The number of sulfone groups is 1. The highest BCUT2D eigenvalue weighted by atomic mass is 32.2. The molecule has 2 fully saturated rings. The summed E-state index contributed by atoms with van der Waals surface area (Å²) < 4.78 is 27.9. The monoisotopic (exact) mass is 370 g/mol. The molecular formula is C16H26N4O2S2. The van der Waals surface area contributed by atoms with Crippen LogP contribution in [0.5, 0.6) is 0 Å². The second-order valence-electron chi connectivity index (χ2n) is 6.94. The molecule has 1 aliphatic carbocycles. The van der Waals surface area contributed by atoms with E-state index in [1.54, 1.807) is 0 Å². The van der Waals surface area contributed by atoms with Gasteiger partial charge in [0, 0.05) is 25.6 Å². The highest BCUT2D eigenvalue weighted by Gasteiger charge is 2.32. The van der Waals surface area contributed by atoms with Gasteiger partial charge in [0.2, 0.25) is 0 Å². The van der Waals surface area contributed by atoms with Gasteiger partial charge in [0.15, 0.2) is 14.6 Å². The SMILES string of the molecule is C=CCN(Cn1nc(C2CCS(=O)(=O)C2)n(C)c1=S)C1CCCC1. The summed E-state index contributed by atoms with van der Waals surface area (Å²) in [6.45, 7) is 5.33. The van der Waals surface area contributed by atoms with Crippen molar-refractivity contribution in [1.82, 2.24) is 19.2 Å². The molecule has 2 heterocycles. The second-order valence-corrected chi connectivity index (χ2v) is 9.53. The average molecular weight is 371 g/mol.